The highest BCUT2D eigenvalue weighted by atomic mass is 16.6. The van der Waals surface area contributed by atoms with Crippen LogP contribution in [0, 0.1) is 0 Å². The number of carbonyl (C=O) groups excluding carboxylic acids is 1. The molecule has 0 saturated heterocycles. The molecule has 0 spiro atoms. The standard InChI is InChI=1S/C6H12NO3/c1-5(2)10-6(8)3-4-9-7/h5,7H,3-4H2,1-2H3. The molecule has 0 atom stereocenters. The van der Waals surface area contributed by atoms with Gasteiger partial charge < -0.3 is 4.74 Å². The molecule has 0 saturated carbocycles. The van der Waals surface area contributed by atoms with Crippen LogP contribution in [0.15, 0.2) is 0 Å². The van der Waals surface area contributed by atoms with Crippen LogP contribution < -0.4 is 5.90 Å². The second-order valence-electron chi connectivity index (χ2n) is 2.14. The van der Waals surface area contributed by atoms with E-state index in [0.717, 1.165) is 0 Å². The molecule has 0 fully saturated rings. The highest BCUT2D eigenvalue weighted by molar-refractivity contribution is 5.69. The Hall–Kier alpha value is -0.610. The smallest absolute Gasteiger partial charge is 0.308 e. The van der Waals surface area contributed by atoms with E-state index in [1.54, 1.807) is 13.8 Å². The van der Waals surface area contributed by atoms with Crippen LogP contribution in [0.2, 0.25) is 0 Å². The Bertz CT molecular complexity index is 103. The van der Waals surface area contributed by atoms with Crippen LogP contribution in [0.1, 0.15) is 20.3 Å². The van der Waals surface area contributed by atoms with Gasteiger partial charge in [0.15, 0.2) is 0 Å². The van der Waals surface area contributed by atoms with Crippen LogP contribution >= 0.6 is 0 Å². The van der Waals surface area contributed by atoms with Crippen LogP contribution in [0.25, 0.3) is 0 Å². The summed E-state index contributed by atoms with van der Waals surface area (Å²) in [5.74, 6) is 5.95. The third kappa shape index (κ3) is 5.53. The first-order chi connectivity index (χ1) is 4.66. The van der Waals surface area contributed by atoms with E-state index in [-0.39, 0.29) is 25.1 Å². The number of hydrogen-bond acceptors (Lipinski definition) is 3. The topological polar surface area (TPSA) is 59.3 Å². The Labute approximate surface area is 60.2 Å². The van der Waals surface area contributed by atoms with E-state index in [2.05, 4.69) is 4.84 Å². The molecular formula is C6H12NO3. The van der Waals surface area contributed by atoms with Crippen molar-refractivity contribution in [1.29, 1.82) is 0 Å². The van der Waals surface area contributed by atoms with Crippen molar-refractivity contribution in [3.63, 3.8) is 0 Å². The molecule has 10 heavy (non-hydrogen) atoms. The van der Waals surface area contributed by atoms with Crippen molar-refractivity contribution in [2.75, 3.05) is 6.61 Å². The van der Waals surface area contributed by atoms with E-state index in [1.165, 1.54) is 0 Å². The molecule has 59 valence electrons. The Balaban J connectivity index is 3.26. The first-order valence-corrected chi connectivity index (χ1v) is 3.15. The van der Waals surface area contributed by atoms with E-state index in [0.29, 0.717) is 0 Å². The number of carbonyl (C=O) groups is 1. The Morgan fingerprint density at radius 2 is 2.20 bits per heavy atom. The van der Waals surface area contributed by atoms with Gasteiger partial charge in [0.1, 0.15) is 0 Å². The second-order valence-corrected chi connectivity index (χ2v) is 2.14. The fourth-order valence-corrected chi connectivity index (χ4v) is 0.456. The largest absolute Gasteiger partial charge is 0.463 e. The number of nitrogens with one attached hydrogen (secondary N) is 1. The molecule has 0 aliphatic carbocycles. The van der Waals surface area contributed by atoms with Crippen LogP contribution in [0.3, 0.4) is 0 Å². The van der Waals surface area contributed by atoms with Crippen LogP contribution in [0.4, 0.5) is 0 Å². The maximum Gasteiger partial charge on any atom is 0.308 e. The molecule has 0 aromatic heterocycles. The molecule has 0 amide bonds. The zero-order valence-electron chi connectivity index (χ0n) is 6.22. The van der Waals surface area contributed by atoms with Crippen molar-refractivity contribution in [1.82, 2.24) is 5.90 Å². The van der Waals surface area contributed by atoms with Crippen molar-refractivity contribution in [2.45, 2.75) is 26.4 Å². The first kappa shape index (κ1) is 9.39. The summed E-state index contributed by atoms with van der Waals surface area (Å²) in [5, 5.41) is 0. The van der Waals surface area contributed by atoms with Crippen LogP contribution in [-0.2, 0) is 14.4 Å². The van der Waals surface area contributed by atoms with Crippen molar-refractivity contribution in [3.8, 4) is 0 Å². The summed E-state index contributed by atoms with van der Waals surface area (Å²) < 4.78 is 4.75. The minimum Gasteiger partial charge on any atom is -0.463 e. The molecule has 0 heterocycles. The Kier molecular flexibility index (Phi) is 4.88. The Morgan fingerprint density at radius 1 is 1.60 bits per heavy atom. The van der Waals surface area contributed by atoms with Crippen molar-refractivity contribution < 1.29 is 14.4 Å². The summed E-state index contributed by atoms with van der Waals surface area (Å²) in [6, 6.07) is 0. The van der Waals surface area contributed by atoms with Gasteiger partial charge in [-0.15, -0.1) is 5.90 Å². The lowest BCUT2D eigenvalue weighted by molar-refractivity contribution is -0.148. The predicted octanol–water partition coefficient (Wildman–Crippen LogP) is 0.543. The van der Waals surface area contributed by atoms with Gasteiger partial charge in [-0.2, -0.15) is 0 Å². The molecule has 0 bridgehead atoms. The molecule has 0 unspecified atom stereocenters. The third-order valence-electron chi connectivity index (χ3n) is 0.775. The minimum atomic E-state index is -0.317. The summed E-state index contributed by atoms with van der Waals surface area (Å²) in [6.45, 7) is 3.66. The van der Waals surface area contributed by atoms with Crippen molar-refractivity contribution in [2.24, 2.45) is 0 Å². The van der Waals surface area contributed by atoms with E-state index < -0.39 is 0 Å². The lowest BCUT2D eigenvalue weighted by Gasteiger charge is -2.05. The molecular weight excluding hydrogens is 134 g/mol. The molecule has 0 aromatic carbocycles. The van der Waals surface area contributed by atoms with E-state index in [4.69, 9.17) is 10.6 Å². The van der Waals surface area contributed by atoms with Crippen molar-refractivity contribution >= 4 is 5.97 Å². The number of hydrogen-bond donors (Lipinski definition) is 0. The molecule has 1 radical (unpaired) electrons. The van der Waals surface area contributed by atoms with E-state index in [9.17, 15) is 4.79 Å². The molecule has 0 rings (SSSR count). The quantitative estimate of drug-likeness (QED) is 0.429. The number of rotatable bonds is 4. The molecule has 0 aliphatic rings. The summed E-state index contributed by atoms with van der Waals surface area (Å²) >= 11 is 0. The average molecular weight is 146 g/mol. The SMILES string of the molecule is CC(C)OC(=O)CCO[NH]. The lowest BCUT2D eigenvalue weighted by Crippen LogP contribution is -2.13. The fourth-order valence-electron chi connectivity index (χ4n) is 0.456. The van der Waals surface area contributed by atoms with Crippen LogP contribution in [-0.4, -0.2) is 18.7 Å². The van der Waals surface area contributed by atoms with Gasteiger partial charge in [0.05, 0.1) is 19.1 Å². The minimum absolute atomic E-state index is 0.0850. The molecule has 0 aliphatic heterocycles. The predicted molar refractivity (Wildman–Crippen MR) is 34.9 cm³/mol. The van der Waals surface area contributed by atoms with Gasteiger partial charge in [-0.1, -0.05) is 0 Å². The molecule has 1 N–H and O–H groups in total. The van der Waals surface area contributed by atoms with Gasteiger partial charge in [-0.05, 0) is 13.8 Å². The van der Waals surface area contributed by atoms with Gasteiger partial charge in [0.2, 0.25) is 0 Å². The Morgan fingerprint density at radius 3 is 2.60 bits per heavy atom. The number of ether oxygens (including phenoxy) is 1. The van der Waals surface area contributed by atoms with Gasteiger partial charge in [0.25, 0.3) is 0 Å². The van der Waals surface area contributed by atoms with Gasteiger partial charge in [-0.25, -0.2) is 0 Å². The second kappa shape index (κ2) is 5.20. The maximum absolute atomic E-state index is 10.6. The summed E-state index contributed by atoms with van der Waals surface area (Å²) in [6.07, 6.45) is 0.0695. The monoisotopic (exact) mass is 146 g/mol. The third-order valence-corrected chi connectivity index (χ3v) is 0.775. The highest BCUT2D eigenvalue weighted by Gasteiger charge is 2.03. The van der Waals surface area contributed by atoms with Gasteiger partial charge in [0, 0.05) is 0 Å². The summed E-state index contributed by atoms with van der Waals surface area (Å²) in [4.78, 5) is 14.6. The van der Waals surface area contributed by atoms with E-state index >= 15 is 0 Å². The highest BCUT2D eigenvalue weighted by Crippen LogP contribution is 1.92. The maximum atomic E-state index is 10.6. The molecule has 4 nitrogen and oxygen atoms in total. The lowest BCUT2D eigenvalue weighted by atomic mass is 10.4. The van der Waals surface area contributed by atoms with Gasteiger partial charge in [-0.3, -0.25) is 9.63 Å². The normalized spacial score (nSPS) is 10.0. The van der Waals surface area contributed by atoms with Crippen molar-refractivity contribution in [3.05, 3.63) is 0 Å². The van der Waals surface area contributed by atoms with Crippen LogP contribution in [0.5, 0.6) is 0 Å². The number of esters is 1. The van der Waals surface area contributed by atoms with Gasteiger partial charge >= 0.3 is 5.97 Å². The molecule has 0 aromatic rings. The summed E-state index contributed by atoms with van der Waals surface area (Å²) in [7, 11) is 0. The average Bonchev–Trinajstić information content (AvgIpc) is 1.82. The zero-order valence-corrected chi connectivity index (χ0v) is 6.22. The first-order valence-electron chi connectivity index (χ1n) is 3.15. The van der Waals surface area contributed by atoms with E-state index in [1.807, 2.05) is 0 Å². The summed E-state index contributed by atoms with van der Waals surface area (Å²) in [5.41, 5.74) is 0. The fraction of sp³-hybridized carbons (Fsp3) is 0.833. The molecule has 4 heteroatoms. The zero-order chi connectivity index (χ0) is 7.98.